The van der Waals surface area contributed by atoms with E-state index in [9.17, 15) is 4.79 Å². The zero-order valence-corrected chi connectivity index (χ0v) is 11.9. The van der Waals surface area contributed by atoms with E-state index in [1.807, 2.05) is 26.2 Å². The Hall–Kier alpha value is -1.14. The van der Waals surface area contributed by atoms with E-state index in [-0.39, 0.29) is 5.91 Å². The van der Waals surface area contributed by atoms with Gasteiger partial charge < -0.3 is 5.32 Å². The molecule has 90 valence electrons. The van der Waals surface area contributed by atoms with Crippen molar-refractivity contribution in [3.8, 4) is 0 Å². The number of carbonyl (C=O) groups excluding carboxylic acids is 1. The molecule has 0 aliphatic heterocycles. The molecule has 1 amide bonds. The molecule has 0 aromatic carbocycles. The summed E-state index contributed by atoms with van der Waals surface area (Å²) in [6, 6.07) is 3.66. The summed E-state index contributed by atoms with van der Waals surface area (Å²) in [5.74, 6) is -0.0941. The summed E-state index contributed by atoms with van der Waals surface area (Å²) >= 11 is 4.75. The lowest BCUT2D eigenvalue weighted by atomic mass is 10.3. The summed E-state index contributed by atoms with van der Waals surface area (Å²) in [6.07, 6.45) is 2.62. The van der Waals surface area contributed by atoms with Gasteiger partial charge in [-0.1, -0.05) is 6.92 Å². The first-order valence-corrected chi connectivity index (χ1v) is 6.80. The molecule has 0 saturated heterocycles. The first-order valence-electron chi connectivity index (χ1n) is 5.19. The van der Waals surface area contributed by atoms with Gasteiger partial charge in [0.15, 0.2) is 0 Å². The summed E-state index contributed by atoms with van der Waals surface area (Å²) in [5, 5.41) is 7.16. The zero-order chi connectivity index (χ0) is 12.4. The van der Waals surface area contributed by atoms with Crippen LogP contribution in [0.15, 0.2) is 22.1 Å². The Balaban J connectivity index is 2.18. The van der Waals surface area contributed by atoms with Crippen LogP contribution in [0.25, 0.3) is 0 Å². The number of rotatable bonds is 3. The number of thiophene rings is 1. The van der Waals surface area contributed by atoms with Gasteiger partial charge in [-0.05, 0) is 34.5 Å². The van der Waals surface area contributed by atoms with Crippen LogP contribution in [0, 0.1) is 0 Å². The van der Waals surface area contributed by atoms with Gasteiger partial charge in [-0.2, -0.15) is 5.10 Å². The van der Waals surface area contributed by atoms with E-state index in [1.54, 1.807) is 10.7 Å². The van der Waals surface area contributed by atoms with Gasteiger partial charge in [0.05, 0.1) is 20.0 Å². The number of carbonyl (C=O) groups is 1. The van der Waals surface area contributed by atoms with E-state index < -0.39 is 0 Å². The molecule has 1 N–H and O–H groups in total. The number of nitrogens with zero attached hydrogens (tertiary/aromatic N) is 2. The Morgan fingerprint density at radius 3 is 2.94 bits per heavy atom. The molecule has 0 fully saturated rings. The molecule has 0 atom stereocenters. The van der Waals surface area contributed by atoms with Crippen LogP contribution in [0.3, 0.4) is 0 Å². The highest BCUT2D eigenvalue weighted by atomic mass is 79.9. The van der Waals surface area contributed by atoms with Crippen molar-refractivity contribution in [3.05, 3.63) is 32.7 Å². The number of amides is 1. The lowest BCUT2D eigenvalue weighted by molar-refractivity contribution is 0.103. The van der Waals surface area contributed by atoms with Crippen LogP contribution in [-0.4, -0.2) is 15.7 Å². The van der Waals surface area contributed by atoms with Crippen molar-refractivity contribution >= 4 is 38.9 Å². The maximum absolute atomic E-state index is 11.9. The normalized spacial score (nSPS) is 10.5. The minimum Gasteiger partial charge on any atom is -0.318 e. The molecule has 2 rings (SSSR count). The van der Waals surface area contributed by atoms with Crippen molar-refractivity contribution in [2.75, 3.05) is 5.32 Å². The average Bonchev–Trinajstić information content (AvgIpc) is 2.85. The fourth-order valence-electron chi connectivity index (χ4n) is 1.52. The molecule has 6 heteroatoms. The van der Waals surface area contributed by atoms with E-state index in [0.29, 0.717) is 4.88 Å². The van der Waals surface area contributed by atoms with Crippen LogP contribution in [-0.2, 0) is 13.5 Å². The van der Waals surface area contributed by atoms with Gasteiger partial charge in [-0.25, -0.2) is 0 Å². The lowest BCUT2D eigenvalue weighted by Crippen LogP contribution is -2.10. The van der Waals surface area contributed by atoms with E-state index in [2.05, 4.69) is 26.3 Å². The molecule has 2 aromatic heterocycles. The molecular formula is C11H12BrN3OS. The quantitative estimate of drug-likeness (QED) is 0.946. The van der Waals surface area contributed by atoms with Crippen molar-refractivity contribution in [1.29, 1.82) is 0 Å². The minimum atomic E-state index is -0.0941. The van der Waals surface area contributed by atoms with Crippen molar-refractivity contribution in [3.63, 3.8) is 0 Å². The Labute approximate surface area is 112 Å². The Bertz CT molecular complexity index is 547. The topological polar surface area (TPSA) is 46.9 Å². The van der Waals surface area contributed by atoms with Crippen LogP contribution in [0.2, 0.25) is 0 Å². The summed E-state index contributed by atoms with van der Waals surface area (Å²) < 4.78 is 2.66. The maximum Gasteiger partial charge on any atom is 0.265 e. The van der Waals surface area contributed by atoms with Crippen LogP contribution in [0.4, 0.5) is 5.69 Å². The third-order valence-electron chi connectivity index (χ3n) is 2.29. The van der Waals surface area contributed by atoms with Gasteiger partial charge in [0.2, 0.25) is 0 Å². The van der Waals surface area contributed by atoms with Gasteiger partial charge in [-0.15, -0.1) is 11.3 Å². The molecule has 17 heavy (non-hydrogen) atoms. The molecule has 0 aliphatic carbocycles. The number of hydrogen-bond donors (Lipinski definition) is 1. The third kappa shape index (κ3) is 2.76. The van der Waals surface area contributed by atoms with E-state index >= 15 is 0 Å². The predicted molar refractivity (Wildman–Crippen MR) is 72.6 cm³/mol. The Morgan fingerprint density at radius 2 is 2.35 bits per heavy atom. The highest BCUT2D eigenvalue weighted by Gasteiger charge is 2.12. The molecule has 0 aliphatic rings. The molecule has 4 nitrogen and oxygen atoms in total. The van der Waals surface area contributed by atoms with Crippen LogP contribution in [0.5, 0.6) is 0 Å². The van der Waals surface area contributed by atoms with Gasteiger partial charge in [0.25, 0.3) is 5.91 Å². The summed E-state index contributed by atoms with van der Waals surface area (Å²) in [6.45, 7) is 2.01. The maximum atomic E-state index is 11.9. The second-order valence-corrected chi connectivity index (χ2v) is 6.04. The third-order valence-corrected chi connectivity index (χ3v) is 3.91. The minimum absolute atomic E-state index is 0.0941. The monoisotopic (exact) mass is 313 g/mol. The van der Waals surface area contributed by atoms with Gasteiger partial charge in [-0.3, -0.25) is 9.48 Å². The highest BCUT2D eigenvalue weighted by molar-refractivity contribution is 9.11. The molecule has 2 heterocycles. The highest BCUT2D eigenvalue weighted by Crippen LogP contribution is 2.23. The molecule has 0 spiro atoms. The van der Waals surface area contributed by atoms with Crippen molar-refractivity contribution in [2.45, 2.75) is 13.3 Å². The van der Waals surface area contributed by atoms with Crippen molar-refractivity contribution in [1.82, 2.24) is 9.78 Å². The van der Waals surface area contributed by atoms with Crippen LogP contribution in [0.1, 0.15) is 22.3 Å². The number of nitrogens with one attached hydrogen (secondary N) is 1. The zero-order valence-electron chi connectivity index (χ0n) is 9.53. The van der Waals surface area contributed by atoms with Gasteiger partial charge in [0, 0.05) is 13.2 Å². The Morgan fingerprint density at radius 1 is 1.59 bits per heavy atom. The SMILES string of the molecule is CCc1nn(C)cc1NC(=O)c1ccc(Br)s1. The molecular weight excluding hydrogens is 302 g/mol. The molecule has 0 bridgehead atoms. The molecule has 0 radical (unpaired) electrons. The van der Waals surface area contributed by atoms with E-state index in [1.165, 1.54) is 11.3 Å². The largest absolute Gasteiger partial charge is 0.318 e. The summed E-state index contributed by atoms with van der Waals surface area (Å²) in [5.41, 5.74) is 1.68. The summed E-state index contributed by atoms with van der Waals surface area (Å²) in [4.78, 5) is 12.6. The van der Waals surface area contributed by atoms with Crippen LogP contribution >= 0.6 is 27.3 Å². The number of hydrogen-bond acceptors (Lipinski definition) is 3. The van der Waals surface area contributed by atoms with E-state index in [4.69, 9.17) is 0 Å². The molecule has 0 unspecified atom stereocenters. The first kappa shape index (κ1) is 12.3. The number of anilines is 1. The lowest BCUT2D eigenvalue weighted by Gasteiger charge is -2.01. The smallest absolute Gasteiger partial charge is 0.265 e. The summed E-state index contributed by atoms with van der Waals surface area (Å²) in [7, 11) is 1.84. The second kappa shape index (κ2) is 5.01. The standard InChI is InChI=1S/C11H12BrN3OS/c1-3-7-8(6-15(2)14-7)13-11(16)9-4-5-10(12)17-9/h4-6H,3H2,1-2H3,(H,13,16). The molecule has 2 aromatic rings. The number of aryl methyl sites for hydroxylation is 2. The first-order chi connectivity index (χ1) is 8.10. The number of halogens is 1. The average molecular weight is 314 g/mol. The molecule has 0 saturated carbocycles. The van der Waals surface area contributed by atoms with Gasteiger partial charge in [0.1, 0.15) is 0 Å². The van der Waals surface area contributed by atoms with Gasteiger partial charge >= 0.3 is 0 Å². The second-order valence-electron chi connectivity index (χ2n) is 3.57. The fourth-order valence-corrected chi connectivity index (χ4v) is 2.80. The van der Waals surface area contributed by atoms with E-state index in [0.717, 1.165) is 21.6 Å². The fraction of sp³-hybridized carbons (Fsp3) is 0.273. The van der Waals surface area contributed by atoms with Crippen LogP contribution < -0.4 is 5.32 Å². The predicted octanol–water partition coefficient (Wildman–Crippen LogP) is 3.06. The van der Waals surface area contributed by atoms with Crippen molar-refractivity contribution in [2.24, 2.45) is 7.05 Å². The Kier molecular flexibility index (Phi) is 3.63. The van der Waals surface area contributed by atoms with Crippen molar-refractivity contribution < 1.29 is 4.79 Å². The number of aromatic nitrogens is 2.